The van der Waals surface area contributed by atoms with Gasteiger partial charge in [-0.1, -0.05) is 33.6 Å². The Kier molecular flexibility index (Phi) is 4.07. The van der Waals surface area contributed by atoms with Crippen LogP contribution in [0.2, 0.25) is 0 Å². The molecule has 0 aliphatic heterocycles. The SMILES string of the molecule is CCC1CC(CC)C(C(F)(F)F)CC1C. The Labute approximate surface area is 90.2 Å². The minimum atomic E-state index is -3.99. The van der Waals surface area contributed by atoms with Crippen molar-refractivity contribution < 1.29 is 13.2 Å². The first-order valence-electron chi connectivity index (χ1n) is 5.96. The summed E-state index contributed by atoms with van der Waals surface area (Å²) in [6.07, 6.45) is -1.22. The molecule has 1 aliphatic rings. The molecule has 90 valence electrons. The lowest BCUT2D eigenvalue weighted by atomic mass is 9.67. The molecule has 0 saturated heterocycles. The van der Waals surface area contributed by atoms with Gasteiger partial charge in [0, 0.05) is 0 Å². The number of hydrogen-bond acceptors (Lipinski definition) is 0. The second-order valence-corrected chi connectivity index (χ2v) is 4.93. The van der Waals surface area contributed by atoms with Gasteiger partial charge in [-0.05, 0) is 30.6 Å². The van der Waals surface area contributed by atoms with Gasteiger partial charge in [0.15, 0.2) is 0 Å². The van der Waals surface area contributed by atoms with Crippen molar-refractivity contribution in [3.8, 4) is 0 Å². The van der Waals surface area contributed by atoms with Gasteiger partial charge in [-0.15, -0.1) is 0 Å². The van der Waals surface area contributed by atoms with Crippen LogP contribution in [-0.4, -0.2) is 6.18 Å². The topological polar surface area (TPSA) is 0 Å². The van der Waals surface area contributed by atoms with Crippen molar-refractivity contribution >= 4 is 0 Å². The van der Waals surface area contributed by atoms with E-state index in [2.05, 4.69) is 6.92 Å². The molecule has 0 amide bonds. The fraction of sp³-hybridized carbons (Fsp3) is 1.00. The first kappa shape index (κ1) is 12.9. The maximum absolute atomic E-state index is 12.8. The average Bonchev–Trinajstić information content (AvgIpc) is 2.16. The average molecular weight is 222 g/mol. The van der Waals surface area contributed by atoms with Crippen LogP contribution >= 0.6 is 0 Å². The van der Waals surface area contributed by atoms with E-state index in [0.29, 0.717) is 18.8 Å². The van der Waals surface area contributed by atoms with E-state index in [1.54, 1.807) is 0 Å². The van der Waals surface area contributed by atoms with E-state index < -0.39 is 12.1 Å². The molecule has 0 spiro atoms. The molecule has 15 heavy (non-hydrogen) atoms. The molecule has 0 N–H and O–H groups in total. The fourth-order valence-electron chi connectivity index (χ4n) is 2.99. The minimum absolute atomic E-state index is 0.147. The Bertz CT molecular complexity index is 198. The largest absolute Gasteiger partial charge is 0.392 e. The zero-order valence-corrected chi connectivity index (χ0v) is 9.77. The molecule has 4 atom stereocenters. The van der Waals surface area contributed by atoms with E-state index in [0.717, 1.165) is 12.8 Å². The van der Waals surface area contributed by atoms with Crippen LogP contribution in [-0.2, 0) is 0 Å². The molecular weight excluding hydrogens is 201 g/mol. The maximum atomic E-state index is 12.8. The summed E-state index contributed by atoms with van der Waals surface area (Å²) in [6, 6.07) is 0. The first-order valence-corrected chi connectivity index (χ1v) is 5.96. The van der Waals surface area contributed by atoms with Crippen LogP contribution in [0.15, 0.2) is 0 Å². The van der Waals surface area contributed by atoms with Crippen LogP contribution in [0.3, 0.4) is 0 Å². The second kappa shape index (κ2) is 4.75. The number of hydrogen-bond donors (Lipinski definition) is 0. The van der Waals surface area contributed by atoms with Crippen LogP contribution in [0, 0.1) is 23.7 Å². The first-order chi connectivity index (χ1) is 6.90. The summed E-state index contributed by atoms with van der Waals surface area (Å²) in [7, 11) is 0. The summed E-state index contributed by atoms with van der Waals surface area (Å²) in [5, 5.41) is 0. The molecular formula is C12H21F3. The van der Waals surface area contributed by atoms with E-state index in [1.807, 2.05) is 13.8 Å². The molecule has 0 aromatic carbocycles. The molecule has 0 nitrogen and oxygen atoms in total. The van der Waals surface area contributed by atoms with E-state index in [-0.39, 0.29) is 11.8 Å². The van der Waals surface area contributed by atoms with Gasteiger partial charge in [-0.3, -0.25) is 0 Å². The molecule has 0 bridgehead atoms. The third-order valence-corrected chi connectivity index (χ3v) is 4.07. The summed E-state index contributed by atoms with van der Waals surface area (Å²) in [5.74, 6) is -0.482. The molecule has 0 aromatic rings. The van der Waals surface area contributed by atoms with Gasteiger partial charge in [0.2, 0.25) is 0 Å². The Morgan fingerprint density at radius 1 is 1.00 bits per heavy atom. The zero-order valence-electron chi connectivity index (χ0n) is 9.77. The van der Waals surface area contributed by atoms with Crippen LogP contribution in [0.25, 0.3) is 0 Å². The lowest BCUT2D eigenvalue weighted by molar-refractivity contribution is -0.204. The zero-order chi connectivity index (χ0) is 11.6. The second-order valence-electron chi connectivity index (χ2n) is 4.93. The summed E-state index contributed by atoms with van der Waals surface area (Å²) < 4.78 is 38.3. The predicted octanol–water partition coefficient (Wildman–Crippen LogP) is 4.65. The van der Waals surface area contributed by atoms with Crippen molar-refractivity contribution in [2.45, 2.75) is 52.6 Å². The van der Waals surface area contributed by atoms with Crippen LogP contribution in [0.4, 0.5) is 13.2 Å². The maximum Gasteiger partial charge on any atom is 0.392 e. The van der Waals surface area contributed by atoms with Crippen molar-refractivity contribution in [3.05, 3.63) is 0 Å². The van der Waals surface area contributed by atoms with E-state index in [4.69, 9.17) is 0 Å². The molecule has 1 aliphatic carbocycles. The van der Waals surface area contributed by atoms with E-state index >= 15 is 0 Å². The van der Waals surface area contributed by atoms with Gasteiger partial charge < -0.3 is 0 Å². The van der Waals surface area contributed by atoms with Crippen molar-refractivity contribution in [1.82, 2.24) is 0 Å². The molecule has 0 radical (unpaired) electrons. The monoisotopic (exact) mass is 222 g/mol. The normalized spacial score (nSPS) is 38.0. The highest BCUT2D eigenvalue weighted by Gasteiger charge is 2.48. The van der Waals surface area contributed by atoms with Crippen LogP contribution in [0.5, 0.6) is 0 Å². The lowest BCUT2D eigenvalue weighted by Gasteiger charge is -2.40. The predicted molar refractivity (Wildman–Crippen MR) is 55.5 cm³/mol. The Balaban J connectivity index is 2.74. The van der Waals surface area contributed by atoms with E-state index in [9.17, 15) is 13.2 Å². The quantitative estimate of drug-likeness (QED) is 0.638. The highest BCUT2D eigenvalue weighted by atomic mass is 19.4. The molecule has 1 fully saturated rings. The van der Waals surface area contributed by atoms with Gasteiger partial charge in [-0.2, -0.15) is 13.2 Å². The summed E-state index contributed by atoms with van der Waals surface area (Å²) >= 11 is 0. The lowest BCUT2D eigenvalue weighted by Crippen LogP contribution is -2.38. The third kappa shape index (κ3) is 2.88. The Morgan fingerprint density at radius 3 is 1.93 bits per heavy atom. The van der Waals surface area contributed by atoms with Crippen molar-refractivity contribution in [2.24, 2.45) is 23.7 Å². The summed E-state index contributed by atoms with van der Waals surface area (Å²) in [5.41, 5.74) is 0. The Hall–Kier alpha value is -0.210. The standard InChI is InChI=1S/C12H21F3/c1-4-9-7-10(5-2)11(6-8(9)3)12(13,14)15/h8-11H,4-7H2,1-3H3. The fourth-order valence-corrected chi connectivity index (χ4v) is 2.99. The van der Waals surface area contributed by atoms with Gasteiger partial charge in [0.05, 0.1) is 5.92 Å². The molecule has 1 rings (SSSR count). The van der Waals surface area contributed by atoms with Gasteiger partial charge in [0.1, 0.15) is 0 Å². The summed E-state index contributed by atoms with van der Waals surface area (Å²) in [6.45, 7) is 5.94. The highest BCUT2D eigenvalue weighted by Crippen LogP contribution is 2.47. The summed E-state index contributed by atoms with van der Waals surface area (Å²) in [4.78, 5) is 0. The molecule has 3 heteroatoms. The van der Waals surface area contributed by atoms with Crippen molar-refractivity contribution in [3.63, 3.8) is 0 Å². The number of alkyl halides is 3. The van der Waals surface area contributed by atoms with Gasteiger partial charge in [-0.25, -0.2) is 0 Å². The van der Waals surface area contributed by atoms with Crippen molar-refractivity contribution in [1.29, 1.82) is 0 Å². The third-order valence-electron chi connectivity index (χ3n) is 4.07. The smallest absolute Gasteiger partial charge is 0.171 e. The van der Waals surface area contributed by atoms with Crippen LogP contribution in [0.1, 0.15) is 46.5 Å². The Morgan fingerprint density at radius 2 is 1.53 bits per heavy atom. The molecule has 0 heterocycles. The van der Waals surface area contributed by atoms with Crippen molar-refractivity contribution in [2.75, 3.05) is 0 Å². The molecule has 1 saturated carbocycles. The molecule has 4 unspecified atom stereocenters. The minimum Gasteiger partial charge on any atom is -0.171 e. The van der Waals surface area contributed by atoms with Gasteiger partial charge >= 0.3 is 6.18 Å². The molecule has 0 aromatic heterocycles. The highest BCUT2D eigenvalue weighted by molar-refractivity contribution is 4.86. The number of rotatable bonds is 2. The van der Waals surface area contributed by atoms with Gasteiger partial charge in [0.25, 0.3) is 0 Å². The van der Waals surface area contributed by atoms with E-state index in [1.165, 1.54) is 0 Å². The number of halogens is 3. The van der Waals surface area contributed by atoms with Crippen LogP contribution < -0.4 is 0 Å².